The molecule has 0 bridgehead atoms. The third-order valence-electron chi connectivity index (χ3n) is 4.07. The summed E-state index contributed by atoms with van der Waals surface area (Å²) >= 11 is 0. The summed E-state index contributed by atoms with van der Waals surface area (Å²) < 4.78 is 25.3. The van der Waals surface area contributed by atoms with Crippen LogP contribution in [0.4, 0.5) is 0 Å². The maximum Gasteiger partial charge on any atom is 0.207 e. The summed E-state index contributed by atoms with van der Waals surface area (Å²) in [6.45, 7) is 0. The molecule has 0 atom stereocenters. The van der Waals surface area contributed by atoms with E-state index in [1.807, 2.05) is 30.3 Å². The number of benzene rings is 2. The molecular formula is C18H14O2S. The van der Waals surface area contributed by atoms with Crippen molar-refractivity contribution in [2.45, 2.75) is 22.6 Å². The lowest BCUT2D eigenvalue weighted by Crippen LogP contribution is -1.97. The zero-order valence-corrected chi connectivity index (χ0v) is 12.2. The summed E-state index contributed by atoms with van der Waals surface area (Å²) in [5.41, 5.74) is 3.71. The van der Waals surface area contributed by atoms with Gasteiger partial charge in [-0.3, -0.25) is 0 Å². The number of fused-ring (bicyclic) bond motifs is 3. The first-order valence-electron chi connectivity index (χ1n) is 7.03. The fourth-order valence-electron chi connectivity index (χ4n) is 3.02. The minimum absolute atomic E-state index is 0.422. The standard InChI is InChI=1S/C18H14O2S/c19-21(20)17-9-5-4-8-15(17)16-11-10-14(12-18(16)21)13-6-2-1-3-7-13/h2,4-12H,1,3H2. The highest BCUT2D eigenvalue weighted by Crippen LogP contribution is 2.43. The molecule has 2 aliphatic rings. The van der Waals surface area contributed by atoms with Gasteiger partial charge in [0.25, 0.3) is 0 Å². The van der Waals surface area contributed by atoms with Crippen molar-refractivity contribution in [3.8, 4) is 11.1 Å². The Hall–Kier alpha value is -2.13. The van der Waals surface area contributed by atoms with Crippen molar-refractivity contribution in [2.24, 2.45) is 0 Å². The smallest absolute Gasteiger partial charge is 0.207 e. The van der Waals surface area contributed by atoms with Crippen LogP contribution < -0.4 is 0 Å². The van der Waals surface area contributed by atoms with Crippen LogP contribution in [0.25, 0.3) is 16.7 Å². The molecule has 2 aromatic rings. The molecule has 1 aliphatic carbocycles. The van der Waals surface area contributed by atoms with Gasteiger partial charge in [0.15, 0.2) is 0 Å². The molecular weight excluding hydrogens is 280 g/mol. The zero-order chi connectivity index (χ0) is 14.4. The normalized spacial score (nSPS) is 18.0. The second kappa shape index (κ2) is 4.43. The predicted octanol–water partition coefficient (Wildman–Crippen LogP) is 4.23. The Morgan fingerprint density at radius 3 is 2.48 bits per heavy atom. The van der Waals surface area contributed by atoms with Crippen molar-refractivity contribution >= 4 is 15.4 Å². The first-order chi connectivity index (χ1) is 10.2. The molecule has 0 N–H and O–H groups in total. The summed E-state index contributed by atoms with van der Waals surface area (Å²) in [6.07, 6.45) is 8.43. The molecule has 0 spiro atoms. The largest absolute Gasteiger partial charge is 0.218 e. The van der Waals surface area contributed by atoms with E-state index in [9.17, 15) is 8.42 Å². The van der Waals surface area contributed by atoms with Gasteiger partial charge < -0.3 is 0 Å². The number of sulfone groups is 1. The van der Waals surface area contributed by atoms with Crippen LogP contribution in [0.2, 0.25) is 0 Å². The van der Waals surface area contributed by atoms with E-state index in [1.54, 1.807) is 12.1 Å². The average molecular weight is 294 g/mol. The predicted molar refractivity (Wildman–Crippen MR) is 83.7 cm³/mol. The Bertz CT molecular complexity index is 903. The molecule has 4 rings (SSSR count). The van der Waals surface area contributed by atoms with Crippen LogP contribution in [0.5, 0.6) is 0 Å². The van der Waals surface area contributed by atoms with E-state index >= 15 is 0 Å². The van der Waals surface area contributed by atoms with E-state index < -0.39 is 9.84 Å². The monoisotopic (exact) mass is 294 g/mol. The van der Waals surface area contributed by atoms with Crippen LogP contribution in [0, 0.1) is 0 Å². The fraction of sp³-hybridized carbons (Fsp3) is 0.111. The second-order valence-electron chi connectivity index (χ2n) is 5.35. The Morgan fingerprint density at radius 2 is 1.67 bits per heavy atom. The molecule has 0 saturated carbocycles. The van der Waals surface area contributed by atoms with E-state index in [0.717, 1.165) is 35.1 Å². The Balaban J connectivity index is 1.94. The Morgan fingerprint density at radius 1 is 0.857 bits per heavy atom. The SMILES string of the molecule is O=S1(=O)c2ccccc2-c2ccc(C3=CCCC=C3)cc21. The first kappa shape index (κ1) is 12.6. The molecule has 0 aromatic heterocycles. The summed E-state index contributed by atoms with van der Waals surface area (Å²) in [5, 5.41) is 0. The highest BCUT2D eigenvalue weighted by Gasteiger charge is 2.32. The highest BCUT2D eigenvalue weighted by molar-refractivity contribution is 7.92. The van der Waals surface area contributed by atoms with Crippen molar-refractivity contribution in [3.63, 3.8) is 0 Å². The van der Waals surface area contributed by atoms with Crippen molar-refractivity contribution in [1.29, 1.82) is 0 Å². The molecule has 104 valence electrons. The maximum atomic E-state index is 12.7. The van der Waals surface area contributed by atoms with Gasteiger partial charge in [-0.2, -0.15) is 0 Å². The van der Waals surface area contributed by atoms with Crippen LogP contribution in [0.1, 0.15) is 18.4 Å². The van der Waals surface area contributed by atoms with E-state index in [4.69, 9.17) is 0 Å². The topological polar surface area (TPSA) is 34.1 Å². The summed E-state index contributed by atoms with van der Waals surface area (Å²) in [4.78, 5) is 0.853. The van der Waals surface area contributed by atoms with Crippen LogP contribution in [-0.4, -0.2) is 8.42 Å². The number of allylic oxidation sites excluding steroid dienone is 4. The van der Waals surface area contributed by atoms with Gasteiger partial charge in [0.05, 0.1) is 9.79 Å². The summed E-state index contributed by atoms with van der Waals surface area (Å²) in [6, 6.07) is 13.0. The van der Waals surface area contributed by atoms with Crippen molar-refractivity contribution in [2.75, 3.05) is 0 Å². The third-order valence-corrected chi connectivity index (χ3v) is 5.92. The van der Waals surface area contributed by atoms with Crippen LogP contribution in [-0.2, 0) is 9.84 Å². The number of hydrogen-bond donors (Lipinski definition) is 0. The van der Waals surface area contributed by atoms with Crippen LogP contribution >= 0.6 is 0 Å². The molecule has 1 heterocycles. The molecule has 1 aliphatic heterocycles. The second-order valence-corrected chi connectivity index (χ2v) is 7.24. The molecule has 0 amide bonds. The molecule has 0 saturated heterocycles. The van der Waals surface area contributed by atoms with E-state index in [2.05, 4.69) is 18.2 Å². The van der Waals surface area contributed by atoms with Gasteiger partial charge in [0, 0.05) is 11.1 Å². The van der Waals surface area contributed by atoms with Gasteiger partial charge in [0.1, 0.15) is 0 Å². The summed E-state index contributed by atoms with van der Waals surface area (Å²) in [7, 11) is -3.38. The van der Waals surface area contributed by atoms with E-state index in [1.165, 1.54) is 0 Å². The van der Waals surface area contributed by atoms with Crippen molar-refractivity contribution in [1.82, 2.24) is 0 Å². The van der Waals surface area contributed by atoms with Gasteiger partial charge >= 0.3 is 0 Å². The van der Waals surface area contributed by atoms with E-state index in [0.29, 0.717) is 9.79 Å². The molecule has 2 aromatic carbocycles. The third kappa shape index (κ3) is 1.81. The molecule has 0 radical (unpaired) electrons. The van der Waals surface area contributed by atoms with Crippen LogP contribution in [0.3, 0.4) is 0 Å². The highest BCUT2D eigenvalue weighted by atomic mass is 32.2. The molecule has 0 fully saturated rings. The average Bonchev–Trinajstić information content (AvgIpc) is 2.77. The fourth-order valence-corrected chi connectivity index (χ4v) is 4.73. The summed E-state index contributed by atoms with van der Waals surface area (Å²) in [5.74, 6) is 0. The minimum atomic E-state index is -3.38. The van der Waals surface area contributed by atoms with Gasteiger partial charge in [0.2, 0.25) is 9.84 Å². The van der Waals surface area contributed by atoms with Crippen LogP contribution in [0.15, 0.2) is 70.5 Å². The lowest BCUT2D eigenvalue weighted by atomic mass is 9.97. The Labute approximate surface area is 124 Å². The van der Waals surface area contributed by atoms with Gasteiger partial charge in [-0.05, 0) is 36.1 Å². The molecule has 0 unspecified atom stereocenters. The number of rotatable bonds is 1. The molecule has 2 nitrogen and oxygen atoms in total. The first-order valence-corrected chi connectivity index (χ1v) is 8.52. The lowest BCUT2D eigenvalue weighted by molar-refractivity contribution is 0.598. The Kier molecular flexibility index (Phi) is 2.66. The van der Waals surface area contributed by atoms with Crippen molar-refractivity contribution in [3.05, 3.63) is 66.3 Å². The van der Waals surface area contributed by atoms with Gasteiger partial charge in [-0.15, -0.1) is 0 Å². The van der Waals surface area contributed by atoms with Crippen molar-refractivity contribution < 1.29 is 8.42 Å². The van der Waals surface area contributed by atoms with E-state index in [-0.39, 0.29) is 0 Å². The maximum absolute atomic E-state index is 12.7. The zero-order valence-electron chi connectivity index (χ0n) is 11.4. The molecule has 3 heteroatoms. The minimum Gasteiger partial charge on any atom is -0.218 e. The van der Waals surface area contributed by atoms with Gasteiger partial charge in [-0.25, -0.2) is 8.42 Å². The quantitative estimate of drug-likeness (QED) is 0.673. The van der Waals surface area contributed by atoms with Gasteiger partial charge in [-0.1, -0.05) is 48.6 Å². The molecule has 21 heavy (non-hydrogen) atoms. The lowest BCUT2D eigenvalue weighted by Gasteiger charge is -2.09. The number of hydrogen-bond acceptors (Lipinski definition) is 2.